The van der Waals surface area contributed by atoms with Gasteiger partial charge in [-0.1, -0.05) is 72.4 Å². The minimum Gasteiger partial charge on any atom is -0.337 e. The number of carbonyl (C=O) groups excluding carboxylic acids is 1. The van der Waals surface area contributed by atoms with Crippen LogP contribution >= 0.6 is 23.5 Å². The molecule has 3 aromatic rings. The third-order valence-corrected chi connectivity index (χ3v) is 7.74. The highest BCUT2D eigenvalue weighted by Crippen LogP contribution is 2.50. The summed E-state index contributed by atoms with van der Waals surface area (Å²) in [5.74, 6) is 0.00310. The number of rotatable bonds is 3. The topological polar surface area (TPSA) is 35.9 Å². The van der Waals surface area contributed by atoms with Gasteiger partial charge in [0.15, 0.2) is 5.17 Å². The van der Waals surface area contributed by atoms with Crippen LogP contribution in [0.15, 0.2) is 98.7 Å². The van der Waals surface area contributed by atoms with Gasteiger partial charge < -0.3 is 4.90 Å². The molecule has 2 heterocycles. The van der Waals surface area contributed by atoms with Crippen LogP contribution < -0.4 is 4.90 Å². The molecule has 0 saturated carbocycles. The maximum atomic E-state index is 13.6. The van der Waals surface area contributed by atoms with E-state index >= 15 is 0 Å². The van der Waals surface area contributed by atoms with Gasteiger partial charge in [0.25, 0.3) is 5.91 Å². The van der Waals surface area contributed by atoms with Gasteiger partial charge in [-0.2, -0.15) is 0 Å². The third-order valence-electron chi connectivity index (χ3n) is 5.31. The Kier molecular flexibility index (Phi) is 5.34. The number of fused-ring (bicyclic) bond motifs is 1. The molecule has 3 aromatic carbocycles. The van der Waals surface area contributed by atoms with E-state index in [0.717, 1.165) is 37.6 Å². The molecule has 31 heavy (non-hydrogen) atoms. The van der Waals surface area contributed by atoms with Crippen molar-refractivity contribution >= 4 is 46.0 Å². The summed E-state index contributed by atoms with van der Waals surface area (Å²) in [4.78, 5) is 24.3. The van der Waals surface area contributed by atoms with Crippen molar-refractivity contribution in [3.63, 3.8) is 0 Å². The van der Waals surface area contributed by atoms with E-state index in [1.54, 1.807) is 16.7 Å². The van der Waals surface area contributed by atoms with E-state index in [2.05, 4.69) is 17.0 Å². The Bertz CT molecular complexity index is 1220. The highest BCUT2D eigenvalue weighted by Gasteiger charge is 2.39. The zero-order valence-corrected chi connectivity index (χ0v) is 18.9. The monoisotopic (exact) mass is 443 g/mol. The Balaban J connectivity index is 1.57. The highest BCUT2D eigenvalue weighted by molar-refractivity contribution is 8.19. The van der Waals surface area contributed by atoms with Gasteiger partial charge in [0.05, 0.1) is 22.9 Å². The van der Waals surface area contributed by atoms with E-state index in [1.807, 2.05) is 80.7 Å². The summed E-state index contributed by atoms with van der Waals surface area (Å²) in [5, 5.41) is 1.68. The summed E-state index contributed by atoms with van der Waals surface area (Å²) in [7, 11) is 2.02. The predicted molar refractivity (Wildman–Crippen MR) is 131 cm³/mol. The zero-order valence-electron chi connectivity index (χ0n) is 17.3. The summed E-state index contributed by atoms with van der Waals surface area (Å²) in [6, 6.07) is 26.3. The van der Waals surface area contributed by atoms with Gasteiger partial charge in [0, 0.05) is 11.9 Å². The molecule has 1 saturated heterocycles. The smallest absolute Gasteiger partial charge is 0.269 e. The van der Waals surface area contributed by atoms with E-state index in [4.69, 9.17) is 4.99 Å². The van der Waals surface area contributed by atoms with E-state index in [1.165, 1.54) is 16.7 Å². The molecule has 6 heteroatoms. The molecule has 2 aliphatic rings. The van der Waals surface area contributed by atoms with Crippen molar-refractivity contribution in [3.05, 3.63) is 99.9 Å². The average Bonchev–Trinajstić information content (AvgIpc) is 3.28. The number of nitrogens with zero attached hydrogens (tertiary/aromatic N) is 3. The average molecular weight is 444 g/mol. The normalized spacial score (nSPS) is 19.4. The molecule has 154 valence electrons. The van der Waals surface area contributed by atoms with Crippen LogP contribution in [-0.4, -0.2) is 23.0 Å². The molecular formula is C25H21N3OS2. The lowest BCUT2D eigenvalue weighted by molar-refractivity contribution is -0.122. The largest absolute Gasteiger partial charge is 0.337 e. The molecule has 0 aromatic heterocycles. The summed E-state index contributed by atoms with van der Waals surface area (Å²) >= 11 is 3.11. The van der Waals surface area contributed by atoms with Crippen molar-refractivity contribution in [2.45, 2.75) is 18.4 Å². The van der Waals surface area contributed by atoms with Gasteiger partial charge in [0.2, 0.25) is 0 Å². The van der Waals surface area contributed by atoms with Gasteiger partial charge in [-0.15, -0.1) is 0 Å². The molecule has 1 amide bonds. The number of benzene rings is 3. The number of carbonyl (C=O) groups is 1. The molecule has 0 N–H and O–H groups in total. The van der Waals surface area contributed by atoms with Gasteiger partial charge in [-0.05, 0) is 48.0 Å². The van der Waals surface area contributed by atoms with Crippen LogP contribution in [-0.2, 0) is 11.3 Å². The lowest BCUT2D eigenvalue weighted by atomic mass is 10.2. The maximum Gasteiger partial charge on any atom is 0.269 e. The van der Waals surface area contributed by atoms with Gasteiger partial charge in [-0.25, -0.2) is 4.99 Å². The Hall–Kier alpha value is -2.96. The molecule has 2 aliphatic heterocycles. The Morgan fingerprint density at radius 1 is 0.871 bits per heavy atom. The Morgan fingerprint density at radius 2 is 1.58 bits per heavy atom. The molecule has 4 nitrogen and oxygen atoms in total. The highest BCUT2D eigenvalue weighted by atomic mass is 32.2. The van der Waals surface area contributed by atoms with E-state index in [0.29, 0.717) is 6.54 Å². The number of amides is 1. The minimum atomic E-state index is 0.00310. The van der Waals surface area contributed by atoms with Crippen LogP contribution in [0.4, 0.5) is 11.4 Å². The van der Waals surface area contributed by atoms with E-state index in [-0.39, 0.29) is 5.91 Å². The first kappa shape index (κ1) is 20.0. The van der Waals surface area contributed by atoms with Crippen LogP contribution in [0, 0.1) is 6.92 Å². The Labute approximate surface area is 190 Å². The number of hydrogen-bond donors (Lipinski definition) is 0. The standard InChI is InChI=1S/C25H21N3OS2/c1-17-10-6-7-13-19(17)26-25-28(16-18-11-4-3-5-12-18)23(29)22(31-25)24-27(2)20-14-8-9-15-21(20)30-24/h3-15H,16H2,1-2H3/b24-22-,26-25?. The fraction of sp³-hybridized carbons (Fsp3) is 0.120. The first-order chi connectivity index (χ1) is 15.1. The summed E-state index contributed by atoms with van der Waals surface area (Å²) < 4.78 is 0. The summed E-state index contributed by atoms with van der Waals surface area (Å²) in [5.41, 5.74) is 4.18. The second kappa shape index (κ2) is 8.29. The number of para-hydroxylation sites is 2. The van der Waals surface area contributed by atoms with Crippen molar-refractivity contribution < 1.29 is 4.79 Å². The molecule has 1 fully saturated rings. The molecule has 0 aliphatic carbocycles. The predicted octanol–water partition coefficient (Wildman–Crippen LogP) is 6.17. The lowest BCUT2D eigenvalue weighted by Gasteiger charge is -2.17. The van der Waals surface area contributed by atoms with Crippen molar-refractivity contribution in [3.8, 4) is 0 Å². The molecule has 0 spiro atoms. The number of thioether (sulfide) groups is 2. The van der Waals surface area contributed by atoms with Crippen molar-refractivity contribution in [1.29, 1.82) is 0 Å². The third kappa shape index (κ3) is 3.77. The fourth-order valence-corrected chi connectivity index (χ4v) is 5.95. The number of aryl methyl sites for hydroxylation is 1. The maximum absolute atomic E-state index is 13.6. The minimum absolute atomic E-state index is 0.00310. The molecule has 0 unspecified atom stereocenters. The van der Waals surface area contributed by atoms with Crippen molar-refractivity contribution in [2.75, 3.05) is 11.9 Å². The quantitative estimate of drug-likeness (QED) is 0.454. The molecular weight excluding hydrogens is 422 g/mol. The van der Waals surface area contributed by atoms with Crippen LogP contribution in [0.2, 0.25) is 0 Å². The van der Waals surface area contributed by atoms with Crippen LogP contribution in [0.25, 0.3) is 0 Å². The number of hydrogen-bond acceptors (Lipinski definition) is 5. The number of anilines is 1. The van der Waals surface area contributed by atoms with E-state index < -0.39 is 0 Å². The molecule has 5 rings (SSSR count). The lowest BCUT2D eigenvalue weighted by Crippen LogP contribution is -2.29. The number of aliphatic imine (C=N–C) groups is 1. The van der Waals surface area contributed by atoms with E-state index in [9.17, 15) is 4.79 Å². The number of amidine groups is 1. The second-order valence-corrected chi connectivity index (χ2v) is 9.43. The molecule has 0 atom stereocenters. The van der Waals surface area contributed by atoms with Gasteiger partial charge in [0.1, 0.15) is 4.91 Å². The zero-order chi connectivity index (χ0) is 21.4. The summed E-state index contributed by atoms with van der Waals surface area (Å²) in [6.45, 7) is 2.54. The summed E-state index contributed by atoms with van der Waals surface area (Å²) in [6.07, 6.45) is 0. The molecule has 0 radical (unpaired) electrons. The van der Waals surface area contributed by atoms with Crippen molar-refractivity contribution in [2.24, 2.45) is 4.99 Å². The first-order valence-corrected chi connectivity index (χ1v) is 11.7. The molecule has 0 bridgehead atoms. The fourth-order valence-electron chi connectivity index (χ4n) is 3.62. The van der Waals surface area contributed by atoms with Crippen LogP contribution in [0.1, 0.15) is 11.1 Å². The van der Waals surface area contributed by atoms with Crippen molar-refractivity contribution in [1.82, 2.24) is 4.90 Å². The Morgan fingerprint density at radius 3 is 2.35 bits per heavy atom. The second-order valence-electron chi connectivity index (χ2n) is 7.42. The van der Waals surface area contributed by atoms with Gasteiger partial charge in [-0.3, -0.25) is 9.69 Å². The van der Waals surface area contributed by atoms with Crippen LogP contribution in [0.5, 0.6) is 0 Å². The first-order valence-electron chi connectivity index (χ1n) is 10.0. The van der Waals surface area contributed by atoms with Gasteiger partial charge >= 0.3 is 0 Å². The SMILES string of the molecule is Cc1ccccc1N=C1S/C(=C2\Sc3ccccc3N2C)C(=O)N1Cc1ccccc1. The van der Waals surface area contributed by atoms with Crippen LogP contribution in [0.3, 0.4) is 0 Å².